The maximum atomic E-state index is 12.7. The Hall–Kier alpha value is -3.92. The van der Waals surface area contributed by atoms with Gasteiger partial charge in [0.05, 0.1) is 28.5 Å². The zero-order valence-corrected chi connectivity index (χ0v) is 17.5. The Bertz CT molecular complexity index is 1490. The summed E-state index contributed by atoms with van der Waals surface area (Å²) < 4.78 is 14.3. The van der Waals surface area contributed by atoms with Crippen LogP contribution < -0.4 is 15.8 Å². The number of aromatic nitrogens is 4. The summed E-state index contributed by atoms with van der Waals surface area (Å²) in [5.41, 5.74) is 2.53. The monoisotopic (exact) mass is 435 g/mol. The van der Waals surface area contributed by atoms with E-state index >= 15 is 0 Å². The zero-order valence-electron chi connectivity index (χ0n) is 16.7. The summed E-state index contributed by atoms with van der Waals surface area (Å²) in [7, 11) is 1.61. The molecule has 0 bridgehead atoms. The van der Waals surface area contributed by atoms with Crippen LogP contribution >= 0.6 is 11.3 Å². The van der Waals surface area contributed by atoms with Crippen molar-refractivity contribution in [2.75, 3.05) is 12.4 Å². The van der Waals surface area contributed by atoms with Gasteiger partial charge in [-0.3, -0.25) is 9.36 Å². The van der Waals surface area contributed by atoms with Gasteiger partial charge in [0.15, 0.2) is 5.58 Å². The van der Waals surface area contributed by atoms with Gasteiger partial charge in [-0.25, -0.2) is 9.78 Å². The van der Waals surface area contributed by atoms with E-state index in [0.717, 1.165) is 21.7 Å². The molecule has 5 rings (SSSR count). The molecule has 0 saturated heterocycles. The number of ether oxygens (including phenoxy) is 1. The largest absolute Gasteiger partial charge is 0.497 e. The first-order chi connectivity index (χ1) is 15.0. The van der Waals surface area contributed by atoms with Gasteiger partial charge in [0.2, 0.25) is 11.0 Å². The normalized spacial score (nSPS) is 11.3. The van der Waals surface area contributed by atoms with Crippen LogP contribution in [0.2, 0.25) is 0 Å². The van der Waals surface area contributed by atoms with E-state index < -0.39 is 5.76 Å². The van der Waals surface area contributed by atoms with Crippen molar-refractivity contribution in [3.63, 3.8) is 0 Å². The van der Waals surface area contributed by atoms with Gasteiger partial charge >= 0.3 is 5.76 Å². The Balaban J connectivity index is 1.45. The van der Waals surface area contributed by atoms with Crippen LogP contribution in [0, 0.1) is 6.92 Å². The number of hydrogen-bond donors (Lipinski definition) is 1. The van der Waals surface area contributed by atoms with E-state index in [-0.39, 0.29) is 12.5 Å². The van der Waals surface area contributed by atoms with Gasteiger partial charge in [-0.2, -0.15) is 9.78 Å². The lowest BCUT2D eigenvalue weighted by atomic mass is 10.3. The SMILES string of the molecule is COc1ccc2nc(-n3nc(C)cc3NC(=O)Cn3c(=O)oc4ccccc43)sc2c1. The molecular formula is C21H17N5O4S. The molecule has 31 heavy (non-hydrogen) atoms. The third-order valence-corrected chi connectivity index (χ3v) is 5.73. The molecule has 0 spiro atoms. The average molecular weight is 435 g/mol. The van der Waals surface area contributed by atoms with Crippen LogP contribution in [0.15, 0.2) is 57.7 Å². The number of carbonyl (C=O) groups excluding carboxylic acids is 1. The number of methoxy groups -OCH3 is 1. The molecule has 5 aromatic rings. The number of thiazole rings is 1. The number of nitrogens with one attached hydrogen (secondary N) is 1. The molecule has 10 heteroatoms. The van der Waals surface area contributed by atoms with Crippen molar-refractivity contribution in [2.45, 2.75) is 13.5 Å². The molecule has 9 nitrogen and oxygen atoms in total. The molecule has 3 aromatic heterocycles. The quantitative estimate of drug-likeness (QED) is 0.454. The van der Waals surface area contributed by atoms with Gasteiger partial charge in [0.25, 0.3) is 0 Å². The smallest absolute Gasteiger partial charge is 0.420 e. The van der Waals surface area contributed by atoms with Gasteiger partial charge in [-0.15, -0.1) is 0 Å². The molecule has 1 amide bonds. The summed E-state index contributed by atoms with van der Waals surface area (Å²) in [6, 6.07) is 14.3. The molecule has 0 unspecified atom stereocenters. The minimum Gasteiger partial charge on any atom is -0.497 e. The fourth-order valence-corrected chi connectivity index (χ4v) is 4.29. The molecule has 0 fully saturated rings. The van der Waals surface area contributed by atoms with Gasteiger partial charge in [-0.05, 0) is 37.3 Å². The second kappa shape index (κ2) is 7.40. The first-order valence-electron chi connectivity index (χ1n) is 9.41. The molecule has 0 aliphatic rings. The summed E-state index contributed by atoms with van der Waals surface area (Å²) in [6.07, 6.45) is 0. The van der Waals surface area contributed by atoms with Crippen molar-refractivity contribution in [2.24, 2.45) is 0 Å². The molecule has 0 radical (unpaired) electrons. The van der Waals surface area contributed by atoms with Crippen LogP contribution in [0.25, 0.3) is 26.4 Å². The second-order valence-electron chi connectivity index (χ2n) is 6.88. The van der Waals surface area contributed by atoms with Crippen molar-refractivity contribution in [1.82, 2.24) is 19.3 Å². The van der Waals surface area contributed by atoms with Gasteiger partial charge in [-0.1, -0.05) is 23.5 Å². The van der Waals surface area contributed by atoms with Gasteiger partial charge in [0, 0.05) is 6.07 Å². The van der Waals surface area contributed by atoms with E-state index in [2.05, 4.69) is 15.4 Å². The van der Waals surface area contributed by atoms with E-state index in [9.17, 15) is 9.59 Å². The lowest BCUT2D eigenvalue weighted by molar-refractivity contribution is -0.116. The molecule has 0 aliphatic carbocycles. The maximum Gasteiger partial charge on any atom is 0.420 e. The van der Waals surface area contributed by atoms with Crippen LogP contribution in [0.5, 0.6) is 5.75 Å². The summed E-state index contributed by atoms with van der Waals surface area (Å²) in [5.74, 6) is 0.249. The highest BCUT2D eigenvalue weighted by Crippen LogP contribution is 2.30. The van der Waals surface area contributed by atoms with Crippen molar-refractivity contribution in [3.05, 3.63) is 64.8 Å². The number of nitrogens with zero attached hydrogens (tertiary/aromatic N) is 4. The van der Waals surface area contributed by atoms with E-state index in [1.54, 1.807) is 42.1 Å². The summed E-state index contributed by atoms with van der Waals surface area (Å²) in [6.45, 7) is 1.65. The van der Waals surface area contributed by atoms with E-state index in [0.29, 0.717) is 22.0 Å². The Labute approximate surface area is 179 Å². The number of amides is 1. The Morgan fingerprint density at radius 3 is 2.90 bits per heavy atom. The Morgan fingerprint density at radius 1 is 1.23 bits per heavy atom. The molecule has 0 aliphatic heterocycles. The molecule has 2 aromatic carbocycles. The molecule has 3 heterocycles. The number of anilines is 1. The molecule has 0 atom stereocenters. The summed E-state index contributed by atoms with van der Waals surface area (Å²) in [5, 5.41) is 7.91. The highest BCUT2D eigenvalue weighted by molar-refractivity contribution is 7.20. The van der Waals surface area contributed by atoms with E-state index in [1.807, 2.05) is 25.1 Å². The van der Waals surface area contributed by atoms with E-state index in [1.165, 1.54) is 15.9 Å². The fourth-order valence-electron chi connectivity index (χ4n) is 3.33. The first kappa shape index (κ1) is 19.1. The summed E-state index contributed by atoms with van der Waals surface area (Å²) >= 11 is 1.43. The van der Waals surface area contributed by atoms with Crippen LogP contribution in [0.4, 0.5) is 5.82 Å². The average Bonchev–Trinajstić information content (AvgIpc) is 3.42. The number of aryl methyl sites for hydroxylation is 1. The minimum atomic E-state index is -0.582. The zero-order chi connectivity index (χ0) is 21.5. The van der Waals surface area contributed by atoms with Crippen LogP contribution in [-0.4, -0.2) is 32.3 Å². The number of benzene rings is 2. The number of hydrogen-bond acceptors (Lipinski definition) is 7. The number of para-hydroxylation sites is 2. The van der Waals surface area contributed by atoms with Crippen molar-refractivity contribution in [3.8, 4) is 10.9 Å². The first-order valence-corrected chi connectivity index (χ1v) is 10.2. The lowest BCUT2D eigenvalue weighted by Gasteiger charge is -2.07. The van der Waals surface area contributed by atoms with E-state index in [4.69, 9.17) is 9.15 Å². The molecule has 1 N–H and O–H groups in total. The third kappa shape index (κ3) is 3.46. The molecular weight excluding hydrogens is 418 g/mol. The highest BCUT2D eigenvalue weighted by atomic mass is 32.1. The highest BCUT2D eigenvalue weighted by Gasteiger charge is 2.17. The van der Waals surface area contributed by atoms with Crippen LogP contribution in [0.3, 0.4) is 0 Å². The van der Waals surface area contributed by atoms with Crippen molar-refractivity contribution in [1.29, 1.82) is 0 Å². The minimum absolute atomic E-state index is 0.183. The van der Waals surface area contributed by atoms with Gasteiger partial charge < -0.3 is 14.5 Å². The topological polar surface area (TPSA) is 104 Å². The fraction of sp³-hybridized carbons (Fsp3) is 0.143. The second-order valence-corrected chi connectivity index (χ2v) is 7.89. The predicted molar refractivity (Wildman–Crippen MR) is 117 cm³/mol. The Morgan fingerprint density at radius 2 is 2.06 bits per heavy atom. The molecule has 0 saturated carbocycles. The number of rotatable bonds is 5. The third-order valence-electron chi connectivity index (χ3n) is 4.74. The van der Waals surface area contributed by atoms with Crippen LogP contribution in [-0.2, 0) is 11.3 Å². The van der Waals surface area contributed by atoms with Crippen molar-refractivity contribution < 1.29 is 13.9 Å². The maximum absolute atomic E-state index is 12.7. The number of oxazole rings is 1. The van der Waals surface area contributed by atoms with Gasteiger partial charge in [0.1, 0.15) is 18.1 Å². The molecule has 156 valence electrons. The van der Waals surface area contributed by atoms with Crippen LogP contribution in [0.1, 0.15) is 5.69 Å². The summed E-state index contributed by atoms with van der Waals surface area (Å²) in [4.78, 5) is 29.5. The van der Waals surface area contributed by atoms with Crippen molar-refractivity contribution >= 4 is 44.4 Å². The lowest BCUT2D eigenvalue weighted by Crippen LogP contribution is -2.25. The Kier molecular flexibility index (Phi) is 4.55. The predicted octanol–water partition coefficient (Wildman–Crippen LogP) is 3.35. The number of carbonyl (C=O) groups is 1. The standard InChI is InChI=1S/C21H17N5O4S/c1-12-9-18(23-19(27)11-25-15-5-3-4-6-16(15)30-21(25)28)26(24-12)20-22-14-8-7-13(29-2)10-17(14)31-20/h3-10H,11H2,1-2H3,(H,23,27). The number of fused-ring (bicyclic) bond motifs is 2.